The molecular weight excluding hydrogens is 407 g/mol. The number of hydrogen-bond donors (Lipinski definition) is 1. The molecule has 1 fully saturated rings. The lowest BCUT2D eigenvalue weighted by atomic mass is 9.87. The molecule has 0 aromatic heterocycles. The molecule has 1 heterocycles. The first-order valence-electron chi connectivity index (χ1n) is 11.6. The summed E-state index contributed by atoms with van der Waals surface area (Å²) in [4.78, 5) is 27.1. The maximum absolute atomic E-state index is 14.1. The van der Waals surface area contributed by atoms with Crippen LogP contribution in [0.2, 0.25) is 0 Å². The highest BCUT2D eigenvalue weighted by atomic mass is 19.1. The van der Waals surface area contributed by atoms with Crippen molar-refractivity contribution in [2.45, 2.75) is 58.1 Å². The summed E-state index contributed by atoms with van der Waals surface area (Å²) in [5.41, 5.74) is 2.77. The minimum atomic E-state index is -0.573. The van der Waals surface area contributed by atoms with Crippen molar-refractivity contribution in [1.29, 1.82) is 0 Å². The number of halogens is 1. The molecule has 0 unspecified atom stereocenters. The second-order valence-electron chi connectivity index (χ2n) is 8.71. The predicted octanol–water partition coefficient (Wildman–Crippen LogP) is 4.39. The van der Waals surface area contributed by atoms with E-state index in [9.17, 15) is 14.0 Å². The van der Waals surface area contributed by atoms with Gasteiger partial charge in [0.25, 0.3) is 5.91 Å². The van der Waals surface area contributed by atoms with Crippen molar-refractivity contribution in [3.63, 3.8) is 0 Å². The average molecular weight is 439 g/mol. The lowest BCUT2D eigenvalue weighted by Crippen LogP contribution is -2.40. The second kappa shape index (κ2) is 9.72. The molecule has 1 aliphatic carbocycles. The summed E-state index contributed by atoms with van der Waals surface area (Å²) in [6.07, 6.45) is 3.45. The maximum Gasteiger partial charge on any atom is 0.261 e. The minimum Gasteiger partial charge on any atom is -0.481 e. The Kier molecular flexibility index (Phi) is 6.77. The summed E-state index contributed by atoms with van der Waals surface area (Å²) >= 11 is 0. The Labute approximate surface area is 188 Å². The third-order valence-electron chi connectivity index (χ3n) is 6.34. The number of amides is 2. The van der Waals surface area contributed by atoms with Gasteiger partial charge in [-0.25, -0.2) is 4.39 Å². The molecule has 2 aromatic rings. The van der Waals surface area contributed by atoms with Gasteiger partial charge in [0.05, 0.1) is 6.04 Å². The van der Waals surface area contributed by atoms with E-state index in [0.717, 1.165) is 23.1 Å². The van der Waals surface area contributed by atoms with E-state index in [1.165, 1.54) is 25.0 Å². The van der Waals surface area contributed by atoms with Crippen LogP contribution in [0.1, 0.15) is 62.3 Å². The van der Waals surface area contributed by atoms with E-state index in [-0.39, 0.29) is 23.7 Å². The molecule has 2 amide bonds. The molecule has 0 saturated heterocycles. The molecule has 1 N–H and O–H groups in total. The monoisotopic (exact) mass is 438 g/mol. The van der Waals surface area contributed by atoms with Crippen molar-refractivity contribution in [2.24, 2.45) is 5.92 Å². The molecule has 0 spiro atoms. The molecule has 2 aromatic carbocycles. The van der Waals surface area contributed by atoms with E-state index in [4.69, 9.17) is 4.74 Å². The summed E-state index contributed by atoms with van der Waals surface area (Å²) in [7, 11) is 0. The largest absolute Gasteiger partial charge is 0.481 e. The van der Waals surface area contributed by atoms with Crippen LogP contribution in [0.4, 0.5) is 4.39 Å². The van der Waals surface area contributed by atoms with Gasteiger partial charge in [0.1, 0.15) is 11.6 Å². The average Bonchev–Trinajstić information content (AvgIpc) is 3.64. The van der Waals surface area contributed by atoms with Crippen molar-refractivity contribution in [3.8, 4) is 5.75 Å². The van der Waals surface area contributed by atoms with E-state index in [2.05, 4.69) is 5.32 Å². The first-order chi connectivity index (χ1) is 15.5. The SMILES string of the molecule is CCC(=O)N1CCc2ccc(O[C@H](CC)C(=O)NCC3CC3)cc2[C@H]1c1cccc(F)c1. The van der Waals surface area contributed by atoms with Gasteiger partial charge in [-0.05, 0) is 72.6 Å². The molecule has 170 valence electrons. The first kappa shape index (κ1) is 22.3. The van der Waals surface area contributed by atoms with E-state index < -0.39 is 6.10 Å². The van der Waals surface area contributed by atoms with Gasteiger partial charge in [-0.2, -0.15) is 0 Å². The van der Waals surface area contributed by atoms with Crippen molar-refractivity contribution in [1.82, 2.24) is 10.2 Å². The fourth-order valence-electron chi connectivity index (χ4n) is 4.34. The molecule has 4 rings (SSSR count). The number of benzene rings is 2. The zero-order valence-electron chi connectivity index (χ0n) is 18.8. The van der Waals surface area contributed by atoms with Gasteiger partial charge in [0.2, 0.25) is 5.91 Å². The lowest BCUT2D eigenvalue weighted by molar-refractivity contribution is -0.133. The summed E-state index contributed by atoms with van der Waals surface area (Å²) in [5, 5.41) is 2.99. The van der Waals surface area contributed by atoms with Crippen LogP contribution < -0.4 is 10.1 Å². The Bertz CT molecular complexity index is 989. The molecular formula is C26H31FN2O3. The molecule has 0 bridgehead atoms. The van der Waals surface area contributed by atoms with Gasteiger partial charge in [-0.1, -0.05) is 32.0 Å². The van der Waals surface area contributed by atoms with Crippen LogP contribution in [0.15, 0.2) is 42.5 Å². The fourth-order valence-corrected chi connectivity index (χ4v) is 4.34. The van der Waals surface area contributed by atoms with Crippen molar-refractivity contribution in [3.05, 3.63) is 65.0 Å². The molecule has 6 heteroatoms. The third kappa shape index (κ3) is 4.95. The molecule has 2 aliphatic rings. The van der Waals surface area contributed by atoms with Crippen molar-refractivity contribution < 1.29 is 18.7 Å². The maximum atomic E-state index is 14.1. The summed E-state index contributed by atoms with van der Waals surface area (Å²) in [5.74, 6) is 0.798. The number of hydrogen-bond acceptors (Lipinski definition) is 3. The van der Waals surface area contributed by atoms with Gasteiger partial charge in [0.15, 0.2) is 6.10 Å². The normalized spacial score (nSPS) is 18.6. The zero-order chi connectivity index (χ0) is 22.7. The fraction of sp³-hybridized carbons (Fsp3) is 0.462. The molecule has 0 radical (unpaired) electrons. The van der Waals surface area contributed by atoms with Crippen molar-refractivity contribution >= 4 is 11.8 Å². The van der Waals surface area contributed by atoms with Crippen LogP contribution in [-0.2, 0) is 16.0 Å². The van der Waals surface area contributed by atoms with Crippen LogP contribution in [0.25, 0.3) is 0 Å². The zero-order valence-corrected chi connectivity index (χ0v) is 18.8. The van der Waals surface area contributed by atoms with Crippen LogP contribution in [0.5, 0.6) is 5.75 Å². The highest BCUT2D eigenvalue weighted by Gasteiger charge is 2.32. The van der Waals surface area contributed by atoms with Gasteiger partial charge in [-0.15, -0.1) is 0 Å². The van der Waals surface area contributed by atoms with Crippen molar-refractivity contribution in [2.75, 3.05) is 13.1 Å². The number of nitrogens with one attached hydrogen (secondary N) is 1. The molecule has 5 nitrogen and oxygen atoms in total. The summed E-state index contributed by atoms with van der Waals surface area (Å²) in [6, 6.07) is 11.8. The van der Waals surface area contributed by atoms with Gasteiger partial charge in [0, 0.05) is 19.5 Å². The van der Waals surface area contributed by atoms with Gasteiger partial charge in [-0.3, -0.25) is 9.59 Å². The third-order valence-corrected chi connectivity index (χ3v) is 6.34. The Morgan fingerprint density at radius 3 is 2.69 bits per heavy atom. The number of carbonyl (C=O) groups is 2. The second-order valence-corrected chi connectivity index (χ2v) is 8.71. The number of rotatable bonds is 8. The predicted molar refractivity (Wildman–Crippen MR) is 121 cm³/mol. The quantitative estimate of drug-likeness (QED) is 0.665. The van der Waals surface area contributed by atoms with E-state index in [1.54, 1.807) is 6.07 Å². The molecule has 1 saturated carbocycles. The highest BCUT2D eigenvalue weighted by molar-refractivity contribution is 5.81. The number of fused-ring (bicyclic) bond motifs is 1. The summed E-state index contributed by atoms with van der Waals surface area (Å²) < 4.78 is 20.1. The molecule has 2 atom stereocenters. The Balaban J connectivity index is 1.62. The Morgan fingerprint density at radius 2 is 2.00 bits per heavy atom. The highest BCUT2D eigenvalue weighted by Crippen LogP contribution is 2.38. The van der Waals surface area contributed by atoms with Crippen LogP contribution in [0, 0.1) is 11.7 Å². The molecule has 1 aliphatic heterocycles. The van der Waals surface area contributed by atoms with Crippen LogP contribution >= 0.6 is 0 Å². The molecule has 32 heavy (non-hydrogen) atoms. The summed E-state index contributed by atoms with van der Waals surface area (Å²) in [6.45, 7) is 5.06. The van der Waals surface area contributed by atoms with Gasteiger partial charge < -0.3 is 15.0 Å². The number of carbonyl (C=O) groups excluding carboxylic acids is 2. The Hall–Kier alpha value is -2.89. The Morgan fingerprint density at radius 1 is 1.19 bits per heavy atom. The number of ether oxygens (including phenoxy) is 1. The van der Waals surface area contributed by atoms with E-state index >= 15 is 0 Å². The van der Waals surface area contributed by atoms with Crippen LogP contribution in [0.3, 0.4) is 0 Å². The van der Waals surface area contributed by atoms with E-state index in [1.807, 2.05) is 43.0 Å². The van der Waals surface area contributed by atoms with Gasteiger partial charge >= 0.3 is 0 Å². The number of nitrogens with zero attached hydrogens (tertiary/aromatic N) is 1. The lowest BCUT2D eigenvalue weighted by Gasteiger charge is -2.38. The van der Waals surface area contributed by atoms with Crippen LogP contribution in [-0.4, -0.2) is 35.9 Å². The smallest absolute Gasteiger partial charge is 0.261 e. The van der Waals surface area contributed by atoms with E-state index in [0.29, 0.717) is 37.6 Å². The first-order valence-corrected chi connectivity index (χ1v) is 11.6. The standard InChI is InChI=1S/C26H31FN2O3/c1-3-23(26(31)28-16-17-8-9-17)32-21-11-10-18-12-13-29(24(30)4-2)25(22(18)15-21)19-6-5-7-20(27)14-19/h5-7,10-11,14-15,17,23,25H,3-4,8-9,12-13,16H2,1-2H3,(H,28,31)/t23-,25-/m1/s1. The topological polar surface area (TPSA) is 58.6 Å². The minimum absolute atomic E-state index is 0.0297.